The molecule has 4 rings (SSSR count). The van der Waals surface area contributed by atoms with E-state index in [2.05, 4.69) is 30.8 Å². The number of ether oxygens (including phenoxy) is 1. The molecule has 1 aromatic carbocycles. The maximum atomic E-state index is 13.4. The molecule has 0 radical (unpaired) electrons. The van der Waals surface area contributed by atoms with E-state index in [1.165, 1.54) is 0 Å². The van der Waals surface area contributed by atoms with Crippen LogP contribution in [0.15, 0.2) is 34.9 Å². The number of nitrogens with one attached hydrogen (secondary N) is 1. The van der Waals surface area contributed by atoms with E-state index >= 15 is 0 Å². The summed E-state index contributed by atoms with van der Waals surface area (Å²) in [6.45, 7) is 4.95. The van der Waals surface area contributed by atoms with Crippen LogP contribution in [-0.2, 0) is 4.79 Å². The first-order valence-electron chi connectivity index (χ1n) is 9.00. The molecule has 3 aromatic rings. The van der Waals surface area contributed by atoms with E-state index in [9.17, 15) is 9.18 Å². The Balaban J connectivity index is 0.000000169. The van der Waals surface area contributed by atoms with Crippen molar-refractivity contribution in [3.05, 3.63) is 51.5 Å². The van der Waals surface area contributed by atoms with Gasteiger partial charge in [0, 0.05) is 47.9 Å². The Morgan fingerprint density at radius 3 is 2.69 bits per heavy atom. The maximum absolute atomic E-state index is 13.4. The standard InChI is InChI=1S/C11H15N3O2.C9H6BrClFN/c1-16-10-3-2-4-12-11(10)14-7-5-13(9-15)6-8-14;1-4-2-5-6(10)3-7(11)8(12)9(5)13-4/h2-4,9H,5-8H2,1H3;2-3,13H,1H3. The minimum Gasteiger partial charge on any atom is -0.493 e. The van der Waals surface area contributed by atoms with E-state index in [-0.39, 0.29) is 5.02 Å². The molecule has 29 heavy (non-hydrogen) atoms. The van der Waals surface area contributed by atoms with Crippen LogP contribution in [0.2, 0.25) is 5.02 Å². The number of aromatic nitrogens is 2. The van der Waals surface area contributed by atoms with Gasteiger partial charge in [-0.1, -0.05) is 27.5 Å². The minimum atomic E-state index is -0.395. The van der Waals surface area contributed by atoms with Gasteiger partial charge in [-0.05, 0) is 31.2 Å². The van der Waals surface area contributed by atoms with E-state index in [0.29, 0.717) is 5.52 Å². The third-order valence-corrected chi connectivity index (χ3v) is 5.56. The van der Waals surface area contributed by atoms with Gasteiger partial charge < -0.3 is 19.5 Å². The van der Waals surface area contributed by atoms with Crippen LogP contribution in [0.3, 0.4) is 0 Å². The molecule has 0 saturated carbocycles. The number of amides is 1. The molecule has 1 aliphatic heterocycles. The predicted molar refractivity (Wildman–Crippen MR) is 116 cm³/mol. The molecular weight excluding hydrogens is 463 g/mol. The van der Waals surface area contributed by atoms with Gasteiger partial charge in [0.15, 0.2) is 17.4 Å². The van der Waals surface area contributed by atoms with Crippen LogP contribution in [0.1, 0.15) is 5.69 Å². The summed E-state index contributed by atoms with van der Waals surface area (Å²) in [7, 11) is 1.64. The first-order valence-corrected chi connectivity index (χ1v) is 10.2. The van der Waals surface area contributed by atoms with Gasteiger partial charge in [0.1, 0.15) is 0 Å². The number of hydrogen-bond donors (Lipinski definition) is 1. The summed E-state index contributed by atoms with van der Waals surface area (Å²) in [4.78, 5) is 21.7. The molecule has 3 heterocycles. The summed E-state index contributed by atoms with van der Waals surface area (Å²) < 4.78 is 19.5. The van der Waals surface area contributed by atoms with Crippen LogP contribution in [0.4, 0.5) is 10.2 Å². The fourth-order valence-corrected chi connectivity index (χ4v) is 4.02. The topological polar surface area (TPSA) is 61.5 Å². The number of halogens is 3. The summed E-state index contributed by atoms with van der Waals surface area (Å²) in [5, 5.41) is 0.945. The monoisotopic (exact) mass is 482 g/mol. The number of methoxy groups -OCH3 is 1. The Bertz CT molecular complexity index is 1010. The average molecular weight is 484 g/mol. The molecule has 9 heteroatoms. The maximum Gasteiger partial charge on any atom is 0.209 e. The highest BCUT2D eigenvalue weighted by Gasteiger charge is 2.19. The number of aryl methyl sites for hydroxylation is 1. The number of hydrogen-bond acceptors (Lipinski definition) is 4. The average Bonchev–Trinajstić information content (AvgIpc) is 3.15. The summed E-state index contributed by atoms with van der Waals surface area (Å²) in [5.74, 6) is 1.24. The fourth-order valence-electron chi connectivity index (χ4n) is 3.14. The van der Waals surface area contributed by atoms with Crippen LogP contribution in [0.5, 0.6) is 5.75 Å². The van der Waals surface area contributed by atoms with Gasteiger partial charge in [-0.25, -0.2) is 9.37 Å². The van der Waals surface area contributed by atoms with Gasteiger partial charge in [0.2, 0.25) is 6.41 Å². The number of anilines is 1. The van der Waals surface area contributed by atoms with Crippen molar-refractivity contribution in [2.75, 3.05) is 38.2 Å². The molecule has 1 fully saturated rings. The van der Waals surface area contributed by atoms with Crippen LogP contribution in [0.25, 0.3) is 10.9 Å². The van der Waals surface area contributed by atoms with Gasteiger partial charge >= 0.3 is 0 Å². The Hall–Kier alpha value is -2.32. The van der Waals surface area contributed by atoms with Crippen molar-refractivity contribution in [3.63, 3.8) is 0 Å². The van der Waals surface area contributed by atoms with Crippen LogP contribution >= 0.6 is 27.5 Å². The minimum absolute atomic E-state index is 0.126. The summed E-state index contributed by atoms with van der Waals surface area (Å²) in [6, 6.07) is 7.18. The van der Waals surface area contributed by atoms with E-state index < -0.39 is 5.82 Å². The Kier molecular flexibility index (Phi) is 6.97. The molecule has 2 aromatic heterocycles. The zero-order valence-electron chi connectivity index (χ0n) is 16.1. The van der Waals surface area contributed by atoms with Crippen molar-refractivity contribution in [2.24, 2.45) is 0 Å². The Labute approximate surface area is 181 Å². The van der Waals surface area contributed by atoms with E-state index in [1.807, 2.05) is 25.1 Å². The van der Waals surface area contributed by atoms with E-state index in [4.69, 9.17) is 16.3 Å². The van der Waals surface area contributed by atoms with Crippen molar-refractivity contribution in [2.45, 2.75) is 6.92 Å². The van der Waals surface area contributed by atoms with Crippen LogP contribution in [0, 0.1) is 12.7 Å². The molecule has 0 bridgehead atoms. The zero-order valence-corrected chi connectivity index (χ0v) is 18.4. The lowest BCUT2D eigenvalue weighted by molar-refractivity contribution is -0.118. The van der Waals surface area contributed by atoms with Crippen LogP contribution in [-0.4, -0.2) is 54.6 Å². The van der Waals surface area contributed by atoms with Gasteiger partial charge in [0.05, 0.1) is 17.6 Å². The zero-order chi connectivity index (χ0) is 21.0. The smallest absolute Gasteiger partial charge is 0.209 e. The highest BCUT2D eigenvalue weighted by molar-refractivity contribution is 9.10. The lowest BCUT2D eigenvalue weighted by atomic mass is 10.2. The first-order chi connectivity index (χ1) is 13.9. The number of aromatic amines is 1. The lowest BCUT2D eigenvalue weighted by Crippen LogP contribution is -2.46. The van der Waals surface area contributed by atoms with E-state index in [0.717, 1.165) is 59.7 Å². The highest BCUT2D eigenvalue weighted by Crippen LogP contribution is 2.31. The number of fused-ring (bicyclic) bond motifs is 1. The number of benzene rings is 1. The summed E-state index contributed by atoms with van der Waals surface area (Å²) >= 11 is 9.00. The van der Waals surface area contributed by atoms with Gasteiger partial charge in [0.25, 0.3) is 0 Å². The van der Waals surface area contributed by atoms with Crippen molar-refractivity contribution in [1.29, 1.82) is 0 Å². The summed E-state index contributed by atoms with van der Waals surface area (Å²) in [6.07, 6.45) is 2.65. The molecule has 1 N–H and O–H groups in total. The van der Waals surface area contributed by atoms with E-state index in [1.54, 1.807) is 24.3 Å². The third-order valence-electron chi connectivity index (χ3n) is 4.63. The van der Waals surface area contributed by atoms with Crippen LogP contribution < -0.4 is 9.64 Å². The van der Waals surface area contributed by atoms with Gasteiger partial charge in [-0.2, -0.15) is 0 Å². The lowest BCUT2D eigenvalue weighted by Gasteiger charge is -2.33. The number of piperazine rings is 1. The molecule has 1 aliphatic rings. The van der Waals surface area contributed by atoms with Crippen molar-refractivity contribution < 1.29 is 13.9 Å². The molecule has 6 nitrogen and oxygen atoms in total. The number of pyridine rings is 1. The second-order valence-corrected chi connectivity index (χ2v) is 7.81. The van der Waals surface area contributed by atoms with Crippen molar-refractivity contribution in [3.8, 4) is 5.75 Å². The normalized spacial score (nSPS) is 13.8. The quantitative estimate of drug-likeness (QED) is 0.443. The van der Waals surface area contributed by atoms with Gasteiger partial charge in [-0.3, -0.25) is 4.79 Å². The third kappa shape index (κ3) is 4.82. The first kappa shape index (κ1) is 21.4. The molecule has 1 amide bonds. The number of nitrogens with zero attached hydrogens (tertiary/aromatic N) is 3. The molecule has 0 aliphatic carbocycles. The largest absolute Gasteiger partial charge is 0.493 e. The van der Waals surface area contributed by atoms with Crippen molar-refractivity contribution in [1.82, 2.24) is 14.9 Å². The molecule has 0 unspecified atom stereocenters. The molecule has 0 spiro atoms. The molecule has 154 valence electrons. The SMILES string of the molecule is COc1cccnc1N1CCN(C=O)CC1.Cc1cc2c(Br)cc(Cl)c(F)c2[nH]1. The Morgan fingerprint density at radius 1 is 1.31 bits per heavy atom. The molecule has 1 saturated heterocycles. The number of carbonyl (C=O) groups is 1. The predicted octanol–water partition coefficient (Wildman–Crippen LogP) is 4.40. The highest BCUT2D eigenvalue weighted by atomic mass is 79.9. The van der Waals surface area contributed by atoms with Crippen molar-refractivity contribution >= 4 is 50.7 Å². The molecular formula is C20H21BrClFN4O2. The number of carbonyl (C=O) groups excluding carboxylic acids is 1. The Morgan fingerprint density at radius 2 is 2.03 bits per heavy atom. The van der Waals surface area contributed by atoms with Gasteiger partial charge in [-0.15, -0.1) is 0 Å². The number of rotatable bonds is 3. The second-order valence-electron chi connectivity index (χ2n) is 6.55. The molecule has 0 atom stereocenters. The summed E-state index contributed by atoms with van der Waals surface area (Å²) in [5.41, 5.74) is 1.37. The fraction of sp³-hybridized carbons (Fsp3) is 0.300. The number of H-pyrrole nitrogens is 1. The second kappa shape index (κ2) is 9.45.